The number of hydrogen-bond acceptors (Lipinski definition) is 6. The number of esters is 3. The number of rotatable bonds is 65. The van der Waals surface area contributed by atoms with Gasteiger partial charge < -0.3 is 14.2 Å². The van der Waals surface area contributed by atoms with Crippen molar-refractivity contribution in [3.05, 3.63) is 24.3 Å². The number of carbonyl (C=O) groups excluding carboxylic acids is 3. The fourth-order valence-corrected chi connectivity index (χ4v) is 10.7. The van der Waals surface area contributed by atoms with Crippen LogP contribution in [0, 0.1) is 0 Å². The van der Waals surface area contributed by atoms with Gasteiger partial charge in [-0.15, -0.1) is 0 Å². The Kier molecular flexibility index (Phi) is 64.6. The van der Waals surface area contributed by atoms with Crippen LogP contribution >= 0.6 is 0 Å². The minimum Gasteiger partial charge on any atom is -0.462 e. The van der Waals surface area contributed by atoms with Gasteiger partial charge in [-0.25, -0.2) is 0 Å². The molecule has 0 fully saturated rings. The van der Waals surface area contributed by atoms with E-state index in [1.54, 1.807) is 0 Å². The average molecular weight is 1080 g/mol. The molecule has 1 unspecified atom stereocenters. The molecule has 0 aromatic heterocycles. The first-order valence-electron chi connectivity index (χ1n) is 34.8. The molecule has 0 aliphatic heterocycles. The van der Waals surface area contributed by atoms with Crippen LogP contribution < -0.4 is 0 Å². The van der Waals surface area contributed by atoms with Crippen molar-refractivity contribution in [2.75, 3.05) is 13.2 Å². The van der Waals surface area contributed by atoms with Gasteiger partial charge in [0.15, 0.2) is 6.10 Å². The topological polar surface area (TPSA) is 78.9 Å². The molecule has 1 atom stereocenters. The molecule has 0 rings (SSSR count). The third kappa shape index (κ3) is 64.6. The molecule has 0 aliphatic rings. The van der Waals surface area contributed by atoms with E-state index in [1.165, 1.54) is 295 Å². The number of allylic oxidation sites excluding steroid dienone is 4. The Morgan fingerprint density at radius 1 is 0.247 bits per heavy atom. The van der Waals surface area contributed by atoms with E-state index in [2.05, 4.69) is 45.1 Å². The Bertz CT molecular complexity index is 1240. The van der Waals surface area contributed by atoms with Crippen LogP contribution in [0.5, 0.6) is 0 Å². The standard InChI is InChI=1S/C71H134O6/c1-4-7-10-13-16-19-22-24-26-28-30-32-33-34-35-36-37-39-40-42-44-46-49-52-55-58-61-64-70(73)76-67-68(66-75-69(72)63-60-57-54-51-48-21-18-15-12-9-6-3)77-71(74)65-62-59-56-53-50-47-45-43-41-38-31-29-27-25-23-20-17-14-11-8-5-2/h28-31,68H,4-27,32-67H2,1-3H3/b30-28-,31-29-. The van der Waals surface area contributed by atoms with Crippen molar-refractivity contribution >= 4 is 17.9 Å². The Morgan fingerprint density at radius 2 is 0.429 bits per heavy atom. The van der Waals surface area contributed by atoms with Crippen molar-refractivity contribution in [1.82, 2.24) is 0 Å². The molecule has 0 aromatic rings. The summed E-state index contributed by atoms with van der Waals surface area (Å²) in [6.07, 6.45) is 80.7. The second-order valence-electron chi connectivity index (χ2n) is 23.8. The van der Waals surface area contributed by atoms with E-state index < -0.39 is 6.10 Å². The van der Waals surface area contributed by atoms with Gasteiger partial charge in [0, 0.05) is 19.3 Å². The smallest absolute Gasteiger partial charge is 0.306 e. The van der Waals surface area contributed by atoms with Crippen molar-refractivity contribution in [1.29, 1.82) is 0 Å². The number of carbonyl (C=O) groups is 3. The normalized spacial score (nSPS) is 12.1. The zero-order valence-corrected chi connectivity index (χ0v) is 52.3. The molecule has 0 saturated heterocycles. The first-order chi connectivity index (χ1) is 38.0. The van der Waals surface area contributed by atoms with Crippen LogP contribution in [0.2, 0.25) is 0 Å². The minimum atomic E-state index is -0.769. The molecule has 6 heteroatoms. The molecule has 454 valence electrons. The summed E-state index contributed by atoms with van der Waals surface area (Å²) in [5.41, 5.74) is 0. The largest absolute Gasteiger partial charge is 0.462 e. The van der Waals surface area contributed by atoms with Gasteiger partial charge in [0.1, 0.15) is 13.2 Å². The lowest BCUT2D eigenvalue weighted by Gasteiger charge is -2.18. The SMILES string of the molecule is CCCCCCCCCC/C=C\CCCCCCCCCCCCCCCCCC(=O)OCC(COC(=O)CCCCCCCCCCCCC)OC(=O)CCCCCCCCCCC/C=C\CCCCCCCCCC. The van der Waals surface area contributed by atoms with Crippen molar-refractivity contribution < 1.29 is 28.6 Å². The highest BCUT2D eigenvalue weighted by Gasteiger charge is 2.19. The van der Waals surface area contributed by atoms with Gasteiger partial charge in [-0.1, -0.05) is 328 Å². The van der Waals surface area contributed by atoms with Crippen LogP contribution in [0.1, 0.15) is 393 Å². The second kappa shape index (κ2) is 66.4. The quantitative estimate of drug-likeness (QED) is 0.0261. The van der Waals surface area contributed by atoms with Gasteiger partial charge in [0.25, 0.3) is 0 Å². The van der Waals surface area contributed by atoms with E-state index >= 15 is 0 Å². The predicted molar refractivity (Wildman–Crippen MR) is 335 cm³/mol. The Balaban J connectivity index is 4.17. The van der Waals surface area contributed by atoms with E-state index in [9.17, 15) is 14.4 Å². The number of hydrogen-bond donors (Lipinski definition) is 0. The summed E-state index contributed by atoms with van der Waals surface area (Å²) in [7, 11) is 0. The Hall–Kier alpha value is -2.11. The monoisotopic (exact) mass is 1080 g/mol. The molecule has 0 heterocycles. The summed E-state index contributed by atoms with van der Waals surface area (Å²) in [5, 5.41) is 0. The van der Waals surface area contributed by atoms with Gasteiger partial charge in [-0.2, -0.15) is 0 Å². The highest BCUT2D eigenvalue weighted by molar-refractivity contribution is 5.71. The van der Waals surface area contributed by atoms with Crippen LogP contribution in [-0.2, 0) is 28.6 Å². The molecule has 0 spiro atoms. The number of unbranched alkanes of at least 4 members (excludes halogenated alkanes) is 50. The molecular weight excluding hydrogens is 949 g/mol. The summed E-state index contributed by atoms with van der Waals surface area (Å²) >= 11 is 0. The fourth-order valence-electron chi connectivity index (χ4n) is 10.7. The summed E-state index contributed by atoms with van der Waals surface area (Å²) in [6, 6.07) is 0. The van der Waals surface area contributed by atoms with Crippen molar-refractivity contribution in [3.8, 4) is 0 Å². The summed E-state index contributed by atoms with van der Waals surface area (Å²) in [4.78, 5) is 38.3. The van der Waals surface area contributed by atoms with E-state index in [-0.39, 0.29) is 31.1 Å². The first-order valence-corrected chi connectivity index (χ1v) is 34.8. The highest BCUT2D eigenvalue weighted by atomic mass is 16.6. The van der Waals surface area contributed by atoms with E-state index in [4.69, 9.17) is 14.2 Å². The minimum absolute atomic E-state index is 0.0663. The summed E-state index contributed by atoms with van der Waals surface area (Å²) < 4.78 is 17.0. The molecular formula is C71H134O6. The molecule has 0 aliphatic carbocycles. The maximum atomic E-state index is 12.9. The summed E-state index contributed by atoms with van der Waals surface area (Å²) in [5.74, 6) is -0.840. The zero-order valence-electron chi connectivity index (χ0n) is 52.3. The molecule has 0 saturated carbocycles. The van der Waals surface area contributed by atoms with Crippen LogP contribution in [0.3, 0.4) is 0 Å². The lowest BCUT2D eigenvalue weighted by molar-refractivity contribution is -0.167. The molecule has 77 heavy (non-hydrogen) atoms. The molecule has 0 bridgehead atoms. The van der Waals surface area contributed by atoms with Gasteiger partial charge in [-0.3, -0.25) is 14.4 Å². The van der Waals surface area contributed by atoms with E-state index in [1.807, 2.05) is 0 Å². The zero-order chi connectivity index (χ0) is 55.7. The van der Waals surface area contributed by atoms with Crippen LogP contribution in [0.4, 0.5) is 0 Å². The third-order valence-electron chi connectivity index (χ3n) is 15.9. The predicted octanol–water partition coefficient (Wildman–Crippen LogP) is 23.8. The lowest BCUT2D eigenvalue weighted by Crippen LogP contribution is -2.30. The molecule has 6 nitrogen and oxygen atoms in total. The van der Waals surface area contributed by atoms with Crippen LogP contribution in [0.25, 0.3) is 0 Å². The van der Waals surface area contributed by atoms with E-state index in [0.29, 0.717) is 19.3 Å². The van der Waals surface area contributed by atoms with Crippen molar-refractivity contribution in [2.24, 2.45) is 0 Å². The van der Waals surface area contributed by atoms with Crippen molar-refractivity contribution in [2.45, 2.75) is 399 Å². The van der Waals surface area contributed by atoms with Crippen molar-refractivity contribution in [3.63, 3.8) is 0 Å². The van der Waals surface area contributed by atoms with Gasteiger partial charge in [0.05, 0.1) is 0 Å². The maximum Gasteiger partial charge on any atom is 0.306 e. The van der Waals surface area contributed by atoms with Crippen LogP contribution in [-0.4, -0.2) is 37.2 Å². The van der Waals surface area contributed by atoms with Crippen LogP contribution in [0.15, 0.2) is 24.3 Å². The molecule has 0 N–H and O–H groups in total. The Labute approximate surface area is 481 Å². The third-order valence-corrected chi connectivity index (χ3v) is 15.9. The first kappa shape index (κ1) is 74.9. The van der Waals surface area contributed by atoms with E-state index in [0.717, 1.165) is 57.8 Å². The number of ether oxygens (including phenoxy) is 3. The summed E-state index contributed by atoms with van der Waals surface area (Å²) in [6.45, 7) is 6.70. The highest BCUT2D eigenvalue weighted by Crippen LogP contribution is 2.18. The Morgan fingerprint density at radius 3 is 0.649 bits per heavy atom. The average Bonchev–Trinajstić information content (AvgIpc) is 3.43. The molecule has 0 radical (unpaired) electrons. The second-order valence-corrected chi connectivity index (χ2v) is 23.8. The fraction of sp³-hybridized carbons (Fsp3) is 0.901. The molecule has 0 amide bonds. The van der Waals surface area contributed by atoms with Gasteiger partial charge in [-0.05, 0) is 70.6 Å². The lowest BCUT2D eigenvalue weighted by atomic mass is 10.0. The van der Waals surface area contributed by atoms with Gasteiger partial charge in [0.2, 0.25) is 0 Å². The maximum absolute atomic E-state index is 12.9. The molecule has 0 aromatic carbocycles. The van der Waals surface area contributed by atoms with Gasteiger partial charge >= 0.3 is 17.9 Å².